The first kappa shape index (κ1) is 13.9. The molecule has 1 aromatic heterocycles. The Morgan fingerprint density at radius 3 is 2.59 bits per heavy atom. The number of sulfonamides is 1. The largest absolute Gasteiger partial charge is 0.386 e. The maximum absolute atomic E-state index is 12.2. The molecule has 0 aliphatic rings. The Bertz CT molecular complexity index is 483. The van der Waals surface area contributed by atoms with Crippen LogP contribution in [0.25, 0.3) is 0 Å². The third-order valence-corrected chi connectivity index (χ3v) is 4.25. The van der Waals surface area contributed by atoms with Crippen LogP contribution in [0, 0.1) is 0 Å². The zero-order valence-corrected chi connectivity index (χ0v) is 11.4. The Hall–Kier alpha value is -1.14. The number of nitrogens with zero attached hydrogens (tertiary/aromatic N) is 1. The molecule has 5 nitrogen and oxygen atoms in total. The number of anilines is 1. The topological polar surface area (TPSA) is 71.1 Å². The van der Waals surface area contributed by atoms with Gasteiger partial charge in [0.25, 0.3) is 10.0 Å². The van der Waals surface area contributed by atoms with E-state index >= 15 is 0 Å². The molecule has 96 valence electrons. The van der Waals surface area contributed by atoms with Crippen molar-refractivity contribution in [3.63, 3.8) is 0 Å². The van der Waals surface area contributed by atoms with Crippen LogP contribution >= 0.6 is 0 Å². The van der Waals surface area contributed by atoms with Gasteiger partial charge in [-0.2, -0.15) is 0 Å². The molecule has 2 N–H and O–H groups in total. The highest BCUT2D eigenvalue weighted by Crippen LogP contribution is 2.20. The van der Waals surface area contributed by atoms with Gasteiger partial charge in [0.2, 0.25) is 0 Å². The summed E-state index contributed by atoms with van der Waals surface area (Å²) in [5.41, 5.74) is 0.00775. The lowest BCUT2D eigenvalue weighted by atomic mass is 10.0. The summed E-state index contributed by atoms with van der Waals surface area (Å²) < 4.78 is 27.0. The van der Waals surface area contributed by atoms with E-state index in [1.54, 1.807) is 19.2 Å². The van der Waals surface area contributed by atoms with E-state index in [1.165, 1.54) is 6.20 Å². The molecule has 0 unspecified atom stereocenters. The van der Waals surface area contributed by atoms with Gasteiger partial charge in [-0.25, -0.2) is 18.1 Å². The summed E-state index contributed by atoms with van der Waals surface area (Å²) in [5.74, 6) is 0. The molecule has 1 aromatic rings. The van der Waals surface area contributed by atoms with Crippen molar-refractivity contribution >= 4 is 15.7 Å². The van der Waals surface area contributed by atoms with Gasteiger partial charge in [0, 0.05) is 18.8 Å². The van der Waals surface area contributed by atoms with Gasteiger partial charge in [-0.15, -0.1) is 0 Å². The second-order valence-corrected chi connectivity index (χ2v) is 6.05. The standard InChI is InChI=1S/C11H19N3O2S/c1-5-11(2,3)14-17(15,16)10-9(12-4)7-6-8-13-10/h6-8,12,14H,5H2,1-4H3. The second kappa shape index (κ2) is 5.01. The van der Waals surface area contributed by atoms with Crippen molar-refractivity contribution in [1.82, 2.24) is 9.71 Å². The Morgan fingerprint density at radius 2 is 2.06 bits per heavy atom. The molecule has 0 atom stereocenters. The molecule has 0 bridgehead atoms. The van der Waals surface area contributed by atoms with Crippen LogP contribution in [0.3, 0.4) is 0 Å². The summed E-state index contributed by atoms with van der Waals surface area (Å²) in [4.78, 5) is 3.93. The molecular formula is C11H19N3O2S. The van der Waals surface area contributed by atoms with E-state index in [1.807, 2.05) is 20.8 Å². The monoisotopic (exact) mass is 257 g/mol. The first-order valence-corrected chi connectivity index (χ1v) is 6.97. The molecule has 0 radical (unpaired) electrons. The molecule has 0 saturated heterocycles. The Morgan fingerprint density at radius 1 is 1.41 bits per heavy atom. The van der Waals surface area contributed by atoms with Crippen molar-refractivity contribution in [3.8, 4) is 0 Å². The molecule has 0 saturated carbocycles. The number of hydrogen-bond acceptors (Lipinski definition) is 4. The molecule has 0 aromatic carbocycles. The van der Waals surface area contributed by atoms with Gasteiger partial charge < -0.3 is 5.32 Å². The van der Waals surface area contributed by atoms with Gasteiger partial charge in [0.05, 0.1) is 5.69 Å². The van der Waals surface area contributed by atoms with E-state index in [4.69, 9.17) is 0 Å². The number of aromatic nitrogens is 1. The lowest BCUT2D eigenvalue weighted by Crippen LogP contribution is -2.43. The maximum atomic E-state index is 12.2. The van der Waals surface area contributed by atoms with E-state index in [0.29, 0.717) is 12.1 Å². The highest BCUT2D eigenvalue weighted by Gasteiger charge is 2.27. The van der Waals surface area contributed by atoms with Gasteiger partial charge in [-0.05, 0) is 32.4 Å². The fraction of sp³-hybridized carbons (Fsp3) is 0.545. The van der Waals surface area contributed by atoms with E-state index < -0.39 is 15.6 Å². The number of nitrogens with one attached hydrogen (secondary N) is 2. The summed E-state index contributed by atoms with van der Waals surface area (Å²) in [6.45, 7) is 5.61. The fourth-order valence-corrected chi connectivity index (χ4v) is 2.91. The van der Waals surface area contributed by atoms with Gasteiger partial charge in [0.15, 0.2) is 5.03 Å². The van der Waals surface area contributed by atoms with E-state index in [-0.39, 0.29) is 5.03 Å². The van der Waals surface area contributed by atoms with E-state index in [2.05, 4.69) is 15.0 Å². The number of pyridine rings is 1. The van der Waals surface area contributed by atoms with Gasteiger partial charge >= 0.3 is 0 Å². The highest BCUT2D eigenvalue weighted by molar-refractivity contribution is 7.89. The normalized spacial score (nSPS) is 12.5. The average molecular weight is 257 g/mol. The summed E-state index contributed by atoms with van der Waals surface area (Å²) in [6, 6.07) is 3.37. The van der Waals surface area contributed by atoms with Crippen molar-refractivity contribution in [2.24, 2.45) is 0 Å². The molecule has 17 heavy (non-hydrogen) atoms. The second-order valence-electron chi connectivity index (χ2n) is 4.45. The number of rotatable bonds is 5. The lowest BCUT2D eigenvalue weighted by Gasteiger charge is -2.24. The van der Waals surface area contributed by atoms with Gasteiger partial charge in [-0.1, -0.05) is 6.92 Å². The first-order valence-electron chi connectivity index (χ1n) is 5.49. The number of hydrogen-bond donors (Lipinski definition) is 2. The van der Waals surface area contributed by atoms with Gasteiger partial charge in [-0.3, -0.25) is 0 Å². The Kier molecular flexibility index (Phi) is 4.11. The fourth-order valence-electron chi connectivity index (χ4n) is 1.28. The smallest absolute Gasteiger partial charge is 0.260 e. The predicted molar refractivity (Wildman–Crippen MR) is 68.5 cm³/mol. The van der Waals surface area contributed by atoms with Crippen LogP contribution in [0.1, 0.15) is 27.2 Å². The minimum absolute atomic E-state index is 0.0315. The van der Waals surface area contributed by atoms with Crippen LogP contribution in [-0.2, 0) is 10.0 Å². The summed E-state index contributed by atoms with van der Waals surface area (Å²) in [5, 5.41) is 2.86. The SMILES string of the molecule is CCC(C)(C)NS(=O)(=O)c1ncccc1NC. The molecule has 1 heterocycles. The molecule has 6 heteroatoms. The van der Waals surface area contributed by atoms with Crippen LogP contribution in [0.5, 0.6) is 0 Å². The Labute approximate surface area is 103 Å². The van der Waals surface area contributed by atoms with Crippen molar-refractivity contribution in [3.05, 3.63) is 18.3 Å². The first-order chi connectivity index (χ1) is 7.82. The quantitative estimate of drug-likeness (QED) is 0.840. The third-order valence-electron chi connectivity index (χ3n) is 2.59. The van der Waals surface area contributed by atoms with Crippen LogP contribution in [0.15, 0.2) is 23.4 Å². The molecule has 0 aliphatic heterocycles. The summed E-state index contributed by atoms with van der Waals surface area (Å²) in [7, 11) is -1.93. The highest BCUT2D eigenvalue weighted by atomic mass is 32.2. The zero-order chi connectivity index (χ0) is 13.1. The molecule has 0 amide bonds. The van der Waals surface area contributed by atoms with E-state index in [9.17, 15) is 8.42 Å². The van der Waals surface area contributed by atoms with Crippen LogP contribution in [-0.4, -0.2) is 26.0 Å². The Balaban J connectivity index is 3.14. The third kappa shape index (κ3) is 3.41. The average Bonchev–Trinajstić information content (AvgIpc) is 2.28. The van der Waals surface area contributed by atoms with Crippen LogP contribution in [0.4, 0.5) is 5.69 Å². The summed E-state index contributed by atoms with van der Waals surface area (Å²) >= 11 is 0. The maximum Gasteiger partial charge on any atom is 0.260 e. The van der Waals surface area contributed by atoms with Crippen LogP contribution < -0.4 is 10.0 Å². The minimum atomic E-state index is -3.60. The molecule has 0 fully saturated rings. The van der Waals surface area contributed by atoms with Crippen molar-refractivity contribution < 1.29 is 8.42 Å². The van der Waals surface area contributed by atoms with Crippen molar-refractivity contribution in [2.75, 3.05) is 12.4 Å². The van der Waals surface area contributed by atoms with Crippen molar-refractivity contribution in [2.45, 2.75) is 37.8 Å². The van der Waals surface area contributed by atoms with Crippen molar-refractivity contribution in [1.29, 1.82) is 0 Å². The lowest BCUT2D eigenvalue weighted by molar-refractivity contribution is 0.438. The predicted octanol–water partition coefficient (Wildman–Crippen LogP) is 1.59. The molecular weight excluding hydrogens is 238 g/mol. The van der Waals surface area contributed by atoms with E-state index in [0.717, 1.165) is 0 Å². The summed E-state index contributed by atoms with van der Waals surface area (Å²) in [6.07, 6.45) is 2.17. The molecule has 1 rings (SSSR count). The molecule has 0 aliphatic carbocycles. The van der Waals surface area contributed by atoms with Gasteiger partial charge in [0.1, 0.15) is 0 Å². The van der Waals surface area contributed by atoms with Crippen LogP contribution in [0.2, 0.25) is 0 Å². The molecule has 0 spiro atoms. The minimum Gasteiger partial charge on any atom is -0.386 e. The zero-order valence-electron chi connectivity index (χ0n) is 10.6.